The number of carbonyl (C=O) groups excluding carboxylic acids is 1. The average Bonchev–Trinajstić information content (AvgIpc) is 2.86. The molecule has 10 nitrogen and oxygen atoms in total. The highest BCUT2D eigenvalue weighted by molar-refractivity contribution is 7.89. The van der Waals surface area contributed by atoms with Gasteiger partial charge in [0, 0.05) is 30.4 Å². The number of rotatable bonds is 7. The average molecular weight is 499 g/mol. The molecule has 11 heteroatoms. The SMILES string of the molecule is COc1ccc(NC(=O)Cn2nc(-c3ccc(C)c(S(=O)(=O)N4CCOCC4)c3)ccc2=O)cc1. The number of nitrogens with zero attached hydrogens (tertiary/aromatic N) is 3. The fourth-order valence-corrected chi connectivity index (χ4v) is 5.35. The molecule has 2 heterocycles. The first kappa shape index (κ1) is 24.6. The zero-order valence-corrected chi connectivity index (χ0v) is 20.2. The zero-order chi connectivity index (χ0) is 25.0. The number of carbonyl (C=O) groups is 1. The Morgan fingerprint density at radius 1 is 1.09 bits per heavy atom. The third-order valence-electron chi connectivity index (χ3n) is 5.61. The van der Waals surface area contributed by atoms with Crippen molar-refractivity contribution in [2.45, 2.75) is 18.4 Å². The van der Waals surface area contributed by atoms with Gasteiger partial charge < -0.3 is 14.8 Å². The summed E-state index contributed by atoms with van der Waals surface area (Å²) in [7, 11) is -2.17. The van der Waals surface area contributed by atoms with Crippen LogP contribution in [0.15, 0.2) is 64.3 Å². The second kappa shape index (κ2) is 10.4. The number of ether oxygens (including phenoxy) is 2. The van der Waals surface area contributed by atoms with E-state index in [2.05, 4.69) is 10.4 Å². The van der Waals surface area contributed by atoms with Gasteiger partial charge in [-0.25, -0.2) is 13.1 Å². The first-order valence-corrected chi connectivity index (χ1v) is 12.4. The standard InChI is InChI=1S/C24H26N4O6S/c1-17-3-4-18(15-22(17)35(31,32)27-11-13-34-14-12-27)21-9-10-24(30)28(26-21)16-23(29)25-19-5-7-20(33-2)8-6-19/h3-10,15H,11-14,16H2,1-2H3,(H,25,29). The second-order valence-corrected chi connectivity index (χ2v) is 9.89. The van der Waals surface area contributed by atoms with E-state index in [-0.39, 0.29) is 11.4 Å². The number of amides is 1. The summed E-state index contributed by atoms with van der Waals surface area (Å²) in [5.41, 5.74) is 1.60. The highest BCUT2D eigenvalue weighted by Crippen LogP contribution is 2.26. The lowest BCUT2D eigenvalue weighted by Gasteiger charge is -2.26. The molecular formula is C24H26N4O6S. The van der Waals surface area contributed by atoms with Gasteiger partial charge in [0.2, 0.25) is 15.9 Å². The van der Waals surface area contributed by atoms with Crippen molar-refractivity contribution in [2.75, 3.05) is 38.7 Å². The van der Waals surface area contributed by atoms with Crippen LogP contribution in [0.25, 0.3) is 11.3 Å². The Balaban J connectivity index is 1.57. The number of aromatic nitrogens is 2. The highest BCUT2D eigenvalue weighted by atomic mass is 32.2. The number of anilines is 1. The van der Waals surface area contributed by atoms with E-state index in [0.717, 1.165) is 4.68 Å². The molecule has 0 aliphatic carbocycles. The van der Waals surface area contributed by atoms with Crippen molar-refractivity contribution in [2.24, 2.45) is 0 Å². The molecule has 1 fully saturated rings. The molecule has 4 rings (SSSR count). The number of nitrogens with one attached hydrogen (secondary N) is 1. The van der Waals surface area contributed by atoms with Crippen molar-refractivity contribution in [1.82, 2.24) is 14.1 Å². The van der Waals surface area contributed by atoms with E-state index in [9.17, 15) is 18.0 Å². The Bertz CT molecular complexity index is 1380. The van der Waals surface area contributed by atoms with Crippen LogP contribution >= 0.6 is 0 Å². The normalized spacial score (nSPS) is 14.5. The van der Waals surface area contributed by atoms with E-state index in [1.165, 1.54) is 16.4 Å². The maximum Gasteiger partial charge on any atom is 0.267 e. The largest absolute Gasteiger partial charge is 0.497 e. The van der Waals surface area contributed by atoms with Crippen LogP contribution in [-0.4, -0.2) is 61.8 Å². The van der Waals surface area contributed by atoms with Gasteiger partial charge in [0.1, 0.15) is 12.3 Å². The van der Waals surface area contributed by atoms with E-state index >= 15 is 0 Å². The van der Waals surface area contributed by atoms with Crippen molar-refractivity contribution < 1.29 is 22.7 Å². The molecular weight excluding hydrogens is 472 g/mol. The minimum absolute atomic E-state index is 0.175. The second-order valence-electron chi connectivity index (χ2n) is 7.99. The van der Waals surface area contributed by atoms with Crippen LogP contribution < -0.4 is 15.6 Å². The van der Waals surface area contributed by atoms with Crippen LogP contribution in [0.4, 0.5) is 5.69 Å². The van der Waals surface area contributed by atoms with Crippen LogP contribution in [0.2, 0.25) is 0 Å². The summed E-state index contributed by atoms with van der Waals surface area (Å²) in [5, 5.41) is 7.02. The number of methoxy groups -OCH3 is 1. The number of aryl methyl sites for hydroxylation is 1. The van der Waals surface area contributed by atoms with Crippen LogP contribution in [0, 0.1) is 6.92 Å². The van der Waals surface area contributed by atoms with Crippen molar-refractivity contribution in [3.8, 4) is 17.0 Å². The number of benzene rings is 2. The van der Waals surface area contributed by atoms with Crippen LogP contribution in [0.3, 0.4) is 0 Å². The van der Waals surface area contributed by atoms with Crippen LogP contribution in [0.1, 0.15) is 5.56 Å². The summed E-state index contributed by atoms with van der Waals surface area (Å²) in [5.74, 6) is 0.225. The fourth-order valence-electron chi connectivity index (χ4n) is 3.69. The summed E-state index contributed by atoms with van der Waals surface area (Å²) in [6.45, 7) is 2.71. The predicted octanol–water partition coefficient (Wildman–Crippen LogP) is 1.89. The molecule has 0 bridgehead atoms. The summed E-state index contributed by atoms with van der Waals surface area (Å²) < 4.78 is 39.2. The van der Waals surface area contributed by atoms with Crippen molar-refractivity contribution in [3.63, 3.8) is 0 Å². The molecule has 1 aromatic heterocycles. The Kier molecular flexibility index (Phi) is 7.29. The minimum Gasteiger partial charge on any atom is -0.497 e. The molecule has 184 valence electrons. The Hall–Kier alpha value is -3.54. The van der Waals surface area contributed by atoms with Gasteiger partial charge in [-0.15, -0.1) is 0 Å². The van der Waals surface area contributed by atoms with Gasteiger partial charge >= 0.3 is 0 Å². The molecule has 0 spiro atoms. The smallest absolute Gasteiger partial charge is 0.267 e. The van der Waals surface area contributed by atoms with E-state index in [1.807, 2.05) is 0 Å². The lowest BCUT2D eigenvalue weighted by Crippen LogP contribution is -2.40. The van der Waals surface area contributed by atoms with Crippen molar-refractivity contribution >= 4 is 21.6 Å². The predicted molar refractivity (Wildman–Crippen MR) is 130 cm³/mol. The molecule has 2 aromatic carbocycles. The third-order valence-corrected chi connectivity index (χ3v) is 7.65. The summed E-state index contributed by atoms with van der Waals surface area (Å²) >= 11 is 0. The van der Waals surface area contributed by atoms with E-state index < -0.39 is 21.5 Å². The molecule has 1 amide bonds. The first-order chi connectivity index (χ1) is 16.8. The van der Waals surface area contributed by atoms with Gasteiger partial charge in [-0.2, -0.15) is 9.40 Å². The van der Waals surface area contributed by atoms with Gasteiger partial charge in [0.15, 0.2) is 0 Å². The molecule has 0 atom stereocenters. The molecule has 1 aliphatic heterocycles. The van der Waals surface area contributed by atoms with Gasteiger partial charge in [0.25, 0.3) is 5.56 Å². The highest BCUT2D eigenvalue weighted by Gasteiger charge is 2.28. The number of sulfonamides is 1. The Morgan fingerprint density at radius 3 is 2.49 bits per heavy atom. The Labute approximate surface area is 203 Å². The molecule has 35 heavy (non-hydrogen) atoms. The van der Waals surface area contributed by atoms with Gasteiger partial charge in [-0.05, 0) is 48.9 Å². The third kappa shape index (κ3) is 5.59. The molecule has 1 saturated heterocycles. The molecule has 3 aromatic rings. The molecule has 0 unspecified atom stereocenters. The van der Waals surface area contributed by atoms with Crippen molar-refractivity contribution in [3.05, 3.63) is 70.5 Å². The zero-order valence-electron chi connectivity index (χ0n) is 19.4. The summed E-state index contributed by atoms with van der Waals surface area (Å²) in [4.78, 5) is 25.0. The summed E-state index contributed by atoms with van der Waals surface area (Å²) in [6.07, 6.45) is 0. The van der Waals surface area contributed by atoms with E-state index in [0.29, 0.717) is 54.6 Å². The maximum absolute atomic E-state index is 13.2. The van der Waals surface area contributed by atoms with Crippen LogP contribution in [0.5, 0.6) is 5.75 Å². The van der Waals surface area contributed by atoms with Crippen molar-refractivity contribution in [1.29, 1.82) is 0 Å². The lowest BCUT2D eigenvalue weighted by atomic mass is 10.1. The number of hydrogen-bond donors (Lipinski definition) is 1. The molecule has 1 aliphatic rings. The van der Waals surface area contributed by atoms with E-state index in [4.69, 9.17) is 9.47 Å². The lowest BCUT2D eigenvalue weighted by molar-refractivity contribution is -0.117. The van der Waals surface area contributed by atoms with Gasteiger partial charge in [-0.1, -0.05) is 12.1 Å². The topological polar surface area (TPSA) is 120 Å². The molecule has 0 radical (unpaired) electrons. The first-order valence-electron chi connectivity index (χ1n) is 11.0. The van der Waals surface area contributed by atoms with Gasteiger partial charge in [-0.3, -0.25) is 9.59 Å². The van der Waals surface area contributed by atoms with Crippen LogP contribution in [-0.2, 0) is 26.1 Å². The number of hydrogen-bond acceptors (Lipinski definition) is 7. The monoisotopic (exact) mass is 498 g/mol. The number of morpholine rings is 1. The fraction of sp³-hybridized carbons (Fsp3) is 0.292. The Morgan fingerprint density at radius 2 is 1.80 bits per heavy atom. The quantitative estimate of drug-likeness (QED) is 0.528. The maximum atomic E-state index is 13.2. The molecule has 1 N–H and O–H groups in total. The summed E-state index contributed by atoms with van der Waals surface area (Å²) in [6, 6.07) is 14.6. The van der Waals surface area contributed by atoms with E-state index in [1.54, 1.807) is 56.5 Å². The minimum atomic E-state index is -3.72. The van der Waals surface area contributed by atoms with Gasteiger partial charge in [0.05, 0.1) is 30.9 Å². The molecule has 0 saturated carbocycles.